The standard InChI is InChI=1S/C26H25F3N2O4/c1-15-13-21(32)22(30-31(15)20-8-6-7-19(14-20)26(27,28)29)24(34)35-16(2)23(33)17-9-11-18(12-10-17)25(3,4)5/h6-14,16H,1-5H3. The summed E-state index contributed by atoms with van der Waals surface area (Å²) in [5, 5.41) is 3.94. The molecule has 35 heavy (non-hydrogen) atoms. The van der Waals surface area contributed by atoms with Gasteiger partial charge in [-0.3, -0.25) is 9.59 Å². The van der Waals surface area contributed by atoms with E-state index < -0.39 is 40.7 Å². The van der Waals surface area contributed by atoms with Crippen LogP contribution in [0.4, 0.5) is 13.2 Å². The molecule has 0 aliphatic rings. The van der Waals surface area contributed by atoms with E-state index in [-0.39, 0.29) is 16.8 Å². The molecular formula is C26H25F3N2O4. The van der Waals surface area contributed by atoms with Crippen LogP contribution in [0.15, 0.2) is 59.4 Å². The van der Waals surface area contributed by atoms with E-state index in [0.717, 1.165) is 28.4 Å². The highest BCUT2D eigenvalue weighted by atomic mass is 19.4. The van der Waals surface area contributed by atoms with Crippen LogP contribution in [0, 0.1) is 6.92 Å². The summed E-state index contributed by atoms with van der Waals surface area (Å²) in [6.45, 7) is 8.95. The van der Waals surface area contributed by atoms with E-state index in [9.17, 15) is 27.6 Å². The third-order valence-corrected chi connectivity index (χ3v) is 5.41. The van der Waals surface area contributed by atoms with Crippen molar-refractivity contribution in [3.8, 4) is 5.69 Å². The minimum absolute atomic E-state index is 0.00874. The maximum absolute atomic E-state index is 13.1. The lowest BCUT2D eigenvalue weighted by atomic mass is 9.86. The van der Waals surface area contributed by atoms with Crippen LogP contribution in [-0.4, -0.2) is 27.6 Å². The average molecular weight is 486 g/mol. The van der Waals surface area contributed by atoms with Gasteiger partial charge < -0.3 is 4.74 Å². The van der Waals surface area contributed by atoms with Gasteiger partial charge in [0.05, 0.1) is 11.3 Å². The molecule has 0 aliphatic heterocycles. The molecule has 9 heteroatoms. The zero-order chi connectivity index (χ0) is 26.1. The average Bonchev–Trinajstić information content (AvgIpc) is 2.77. The summed E-state index contributed by atoms with van der Waals surface area (Å²) in [7, 11) is 0. The fourth-order valence-electron chi connectivity index (χ4n) is 3.40. The van der Waals surface area contributed by atoms with Gasteiger partial charge >= 0.3 is 12.1 Å². The molecule has 0 fully saturated rings. The molecular weight excluding hydrogens is 461 g/mol. The molecule has 0 saturated carbocycles. The van der Waals surface area contributed by atoms with E-state index in [1.807, 2.05) is 32.9 Å². The van der Waals surface area contributed by atoms with Crippen molar-refractivity contribution in [2.45, 2.75) is 52.3 Å². The molecule has 0 spiro atoms. The summed E-state index contributed by atoms with van der Waals surface area (Å²) in [4.78, 5) is 37.8. The summed E-state index contributed by atoms with van der Waals surface area (Å²) < 4.78 is 45.6. The largest absolute Gasteiger partial charge is 0.449 e. The molecule has 0 aliphatic carbocycles. The lowest BCUT2D eigenvalue weighted by Crippen LogP contribution is -2.30. The van der Waals surface area contributed by atoms with Crippen LogP contribution in [0.5, 0.6) is 0 Å². The highest BCUT2D eigenvalue weighted by Crippen LogP contribution is 2.30. The Hall–Kier alpha value is -3.75. The molecule has 6 nitrogen and oxygen atoms in total. The number of esters is 1. The van der Waals surface area contributed by atoms with Crippen molar-refractivity contribution in [3.05, 3.63) is 92.9 Å². The van der Waals surface area contributed by atoms with Crippen molar-refractivity contribution < 1.29 is 27.5 Å². The van der Waals surface area contributed by atoms with Gasteiger partial charge in [0.25, 0.3) is 0 Å². The Morgan fingerprint density at radius 3 is 2.17 bits per heavy atom. The Labute approximate surface area is 200 Å². The van der Waals surface area contributed by atoms with Gasteiger partial charge in [-0.25, -0.2) is 9.48 Å². The normalized spacial score (nSPS) is 12.8. The Kier molecular flexibility index (Phi) is 7.01. The van der Waals surface area contributed by atoms with Gasteiger partial charge in [-0.05, 0) is 43.0 Å². The number of ketones is 1. The predicted octanol–water partition coefficient (Wildman–Crippen LogP) is 5.29. The van der Waals surface area contributed by atoms with E-state index in [2.05, 4.69) is 5.10 Å². The van der Waals surface area contributed by atoms with E-state index in [0.29, 0.717) is 5.56 Å². The second-order valence-electron chi connectivity index (χ2n) is 9.20. The molecule has 2 aromatic carbocycles. The summed E-state index contributed by atoms with van der Waals surface area (Å²) in [5.41, 5.74) is -0.843. The first-order chi connectivity index (χ1) is 16.2. The molecule has 1 atom stereocenters. The Bertz CT molecular complexity index is 1320. The van der Waals surface area contributed by atoms with Gasteiger partial charge in [0.1, 0.15) is 0 Å². The number of carbonyl (C=O) groups is 2. The SMILES string of the molecule is Cc1cc(=O)c(C(=O)OC(C)C(=O)c2ccc(C(C)(C)C)cc2)nn1-c1cccc(C(F)(F)F)c1. The van der Waals surface area contributed by atoms with Crippen LogP contribution in [0.25, 0.3) is 5.69 Å². The molecule has 0 bridgehead atoms. The smallest absolute Gasteiger partial charge is 0.416 e. The van der Waals surface area contributed by atoms with Crippen LogP contribution < -0.4 is 5.43 Å². The molecule has 0 saturated heterocycles. The molecule has 0 amide bonds. The van der Waals surface area contributed by atoms with Crippen molar-refractivity contribution in [1.29, 1.82) is 0 Å². The van der Waals surface area contributed by atoms with Crippen molar-refractivity contribution in [1.82, 2.24) is 9.78 Å². The van der Waals surface area contributed by atoms with Gasteiger partial charge in [-0.2, -0.15) is 18.3 Å². The first kappa shape index (κ1) is 25.9. The highest BCUT2D eigenvalue weighted by Gasteiger charge is 2.31. The van der Waals surface area contributed by atoms with E-state index in [4.69, 9.17) is 4.74 Å². The Morgan fingerprint density at radius 1 is 0.971 bits per heavy atom. The number of alkyl halides is 3. The van der Waals surface area contributed by atoms with Crippen LogP contribution in [-0.2, 0) is 16.3 Å². The zero-order valence-corrected chi connectivity index (χ0v) is 19.9. The van der Waals surface area contributed by atoms with Crippen LogP contribution >= 0.6 is 0 Å². The summed E-state index contributed by atoms with van der Waals surface area (Å²) in [6.07, 6.45) is -5.79. The van der Waals surface area contributed by atoms with Gasteiger partial charge in [0, 0.05) is 17.3 Å². The fourth-order valence-corrected chi connectivity index (χ4v) is 3.40. The van der Waals surface area contributed by atoms with Crippen LogP contribution in [0.2, 0.25) is 0 Å². The number of hydrogen-bond acceptors (Lipinski definition) is 5. The number of halogens is 3. The van der Waals surface area contributed by atoms with Crippen molar-refractivity contribution in [3.63, 3.8) is 0 Å². The molecule has 0 radical (unpaired) electrons. The number of aromatic nitrogens is 2. The molecule has 1 unspecified atom stereocenters. The van der Waals surface area contributed by atoms with Gasteiger partial charge in [0.2, 0.25) is 16.9 Å². The number of carbonyl (C=O) groups excluding carboxylic acids is 2. The molecule has 3 aromatic rings. The quantitative estimate of drug-likeness (QED) is 0.362. The summed E-state index contributed by atoms with van der Waals surface area (Å²) in [6, 6.07) is 12.3. The number of hydrogen-bond donors (Lipinski definition) is 0. The fraction of sp³-hybridized carbons (Fsp3) is 0.308. The van der Waals surface area contributed by atoms with E-state index in [1.54, 1.807) is 12.1 Å². The maximum atomic E-state index is 13.1. The van der Waals surface area contributed by atoms with Gasteiger partial charge in [-0.15, -0.1) is 0 Å². The molecule has 184 valence electrons. The van der Waals surface area contributed by atoms with Crippen molar-refractivity contribution in [2.24, 2.45) is 0 Å². The molecule has 1 aromatic heterocycles. The lowest BCUT2D eigenvalue weighted by Gasteiger charge is -2.19. The minimum Gasteiger partial charge on any atom is -0.449 e. The molecule has 1 heterocycles. The van der Waals surface area contributed by atoms with Crippen LogP contribution in [0.1, 0.15) is 65.4 Å². The third kappa shape index (κ3) is 5.85. The van der Waals surface area contributed by atoms with E-state index in [1.165, 1.54) is 26.0 Å². The predicted molar refractivity (Wildman–Crippen MR) is 124 cm³/mol. The number of benzene rings is 2. The number of ether oxygens (including phenoxy) is 1. The highest BCUT2D eigenvalue weighted by molar-refractivity contribution is 6.01. The molecule has 3 rings (SSSR count). The minimum atomic E-state index is -4.58. The van der Waals surface area contributed by atoms with Gasteiger partial charge in [-0.1, -0.05) is 51.1 Å². The Morgan fingerprint density at radius 2 is 1.60 bits per heavy atom. The third-order valence-electron chi connectivity index (χ3n) is 5.41. The zero-order valence-electron chi connectivity index (χ0n) is 19.9. The monoisotopic (exact) mass is 486 g/mol. The first-order valence-electron chi connectivity index (χ1n) is 10.8. The summed E-state index contributed by atoms with van der Waals surface area (Å²) >= 11 is 0. The molecule has 0 N–H and O–H groups in total. The topological polar surface area (TPSA) is 78.3 Å². The van der Waals surface area contributed by atoms with Crippen molar-refractivity contribution in [2.75, 3.05) is 0 Å². The maximum Gasteiger partial charge on any atom is 0.416 e. The second kappa shape index (κ2) is 9.48. The number of aryl methyl sites for hydroxylation is 1. The van der Waals surface area contributed by atoms with Crippen molar-refractivity contribution >= 4 is 11.8 Å². The number of Topliss-reactive ketones (excluding diaryl/α,β-unsaturated/α-hetero) is 1. The lowest BCUT2D eigenvalue weighted by molar-refractivity contribution is -0.137. The number of rotatable bonds is 5. The second-order valence-corrected chi connectivity index (χ2v) is 9.20. The van der Waals surface area contributed by atoms with E-state index >= 15 is 0 Å². The first-order valence-corrected chi connectivity index (χ1v) is 10.8. The Balaban J connectivity index is 1.86. The van der Waals surface area contributed by atoms with Gasteiger partial charge in [0.15, 0.2) is 6.10 Å². The summed E-state index contributed by atoms with van der Waals surface area (Å²) in [5.74, 6) is -1.62. The van der Waals surface area contributed by atoms with Crippen LogP contribution in [0.3, 0.4) is 0 Å². The number of nitrogens with zero attached hydrogens (tertiary/aromatic N) is 2.